The number of halogens is 1. The lowest BCUT2D eigenvalue weighted by atomic mass is 9.64. The Bertz CT molecular complexity index is 234. The van der Waals surface area contributed by atoms with E-state index in [0.717, 1.165) is 11.1 Å². The van der Waals surface area contributed by atoms with Crippen LogP contribution in [-0.2, 0) is 4.79 Å². The second kappa shape index (κ2) is 2.34. The molecule has 1 atom stereocenters. The molecule has 1 aliphatic rings. The number of hydrogen-bond donors (Lipinski definition) is 0. The van der Waals surface area contributed by atoms with Crippen molar-refractivity contribution in [3.8, 4) is 0 Å². The smallest absolute Gasteiger partial charge is 0.178 e. The molecule has 0 radical (unpaired) electrons. The van der Waals surface area contributed by atoms with E-state index in [2.05, 4.69) is 0 Å². The minimum Gasteiger partial charge on any atom is -0.293 e. The van der Waals surface area contributed by atoms with Crippen molar-refractivity contribution in [3.63, 3.8) is 0 Å². The van der Waals surface area contributed by atoms with Crippen LogP contribution in [0.15, 0.2) is 11.1 Å². The van der Waals surface area contributed by atoms with Gasteiger partial charge in [0.15, 0.2) is 5.78 Å². The zero-order chi connectivity index (χ0) is 8.81. The first-order chi connectivity index (χ1) is 4.89. The van der Waals surface area contributed by atoms with Gasteiger partial charge in [-0.15, -0.1) is 11.6 Å². The highest BCUT2D eigenvalue weighted by Gasteiger charge is 2.50. The van der Waals surface area contributed by atoms with Crippen molar-refractivity contribution in [2.24, 2.45) is 5.41 Å². The summed E-state index contributed by atoms with van der Waals surface area (Å²) in [6, 6.07) is 0. The second-order valence-corrected chi connectivity index (χ2v) is 4.26. The Morgan fingerprint density at radius 3 is 2.09 bits per heavy atom. The van der Waals surface area contributed by atoms with Crippen LogP contribution < -0.4 is 0 Å². The van der Waals surface area contributed by atoms with Crippen LogP contribution in [0.3, 0.4) is 0 Å². The Labute approximate surface area is 72.4 Å². The van der Waals surface area contributed by atoms with Gasteiger partial charge in [0, 0.05) is 11.0 Å². The van der Waals surface area contributed by atoms with E-state index >= 15 is 0 Å². The minimum absolute atomic E-state index is 0.108. The maximum Gasteiger partial charge on any atom is 0.178 e. The standard InChI is InChI=1S/C9H13ClO/c1-5(2)6-7(11)8(10)9(6,3)4/h8H,1-4H3. The fourth-order valence-electron chi connectivity index (χ4n) is 1.71. The van der Waals surface area contributed by atoms with Crippen molar-refractivity contribution in [3.05, 3.63) is 11.1 Å². The van der Waals surface area contributed by atoms with E-state index < -0.39 is 0 Å². The molecule has 0 aromatic carbocycles. The Morgan fingerprint density at radius 2 is 1.91 bits per heavy atom. The molecule has 0 spiro atoms. The molecule has 0 N–H and O–H groups in total. The van der Waals surface area contributed by atoms with E-state index in [-0.39, 0.29) is 16.6 Å². The zero-order valence-electron chi connectivity index (χ0n) is 7.36. The number of rotatable bonds is 0. The highest BCUT2D eigenvalue weighted by Crippen LogP contribution is 2.47. The summed E-state index contributed by atoms with van der Waals surface area (Å²) < 4.78 is 0. The molecule has 0 amide bonds. The first-order valence-electron chi connectivity index (χ1n) is 3.75. The van der Waals surface area contributed by atoms with Crippen molar-refractivity contribution in [1.82, 2.24) is 0 Å². The van der Waals surface area contributed by atoms with E-state index in [4.69, 9.17) is 11.6 Å². The van der Waals surface area contributed by atoms with Crippen molar-refractivity contribution in [1.29, 1.82) is 0 Å². The van der Waals surface area contributed by atoms with E-state index in [1.54, 1.807) is 0 Å². The number of alkyl halides is 1. The molecule has 1 unspecified atom stereocenters. The fourth-order valence-corrected chi connectivity index (χ4v) is 1.93. The third-order valence-electron chi connectivity index (χ3n) is 2.25. The van der Waals surface area contributed by atoms with E-state index in [9.17, 15) is 4.79 Å². The largest absolute Gasteiger partial charge is 0.293 e. The summed E-state index contributed by atoms with van der Waals surface area (Å²) in [4.78, 5) is 11.2. The molecule has 0 saturated heterocycles. The molecule has 0 heterocycles. The number of Topliss-reactive ketones (excluding diaryl/α,β-unsaturated/α-hetero) is 1. The van der Waals surface area contributed by atoms with Gasteiger partial charge in [0.05, 0.1) is 0 Å². The summed E-state index contributed by atoms with van der Waals surface area (Å²) >= 11 is 5.85. The summed E-state index contributed by atoms with van der Waals surface area (Å²) in [7, 11) is 0. The lowest BCUT2D eigenvalue weighted by Crippen LogP contribution is -2.49. The third-order valence-corrected chi connectivity index (χ3v) is 3.00. The Hall–Kier alpha value is -0.300. The molecule has 0 aliphatic heterocycles. The van der Waals surface area contributed by atoms with Crippen LogP contribution >= 0.6 is 11.6 Å². The average Bonchev–Trinajstić information content (AvgIpc) is 1.85. The molecule has 0 bridgehead atoms. The number of ketones is 1. The molecule has 2 heteroatoms. The van der Waals surface area contributed by atoms with Gasteiger partial charge in [-0.2, -0.15) is 0 Å². The van der Waals surface area contributed by atoms with Crippen LogP contribution in [0.5, 0.6) is 0 Å². The number of allylic oxidation sites excluding steroid dienone is 2. The van der Waals surface area contributed by atoms with Crippen molar-refractivity contribution in [2.45, 2.75) is 33.1 Å². The summed E-state index contributed by atoms with van der Waals surface area (Å²) in [5.41, 5.74) is 1.90. The predicted molar refractivity (Wildman–Crippen MR) is 46.8 cm³/mol. The van der Waals surface area contributed by atoms with Gasteiger partial charge in [-0.25, -0.2) is 0 Å². The molecule has 1 nitrogen and oxygen atoms in total. The molecule has 0 aromatic heterocycles. The van der Waals surface area contributed by atoms with Crippen LogP contribution in [0.25, 0.3) is 0 Å². The van der Waals surface area contributed by atoms with Gasteiger partial charge in [0.1, 0.15) is 5.38 Å². The third kappa shape index (κ3) is 1.02. The second-order valence-electron chi connectivity index (χ2n) is 3.82. The van der Waals surface area contributed by atoms with E-state index in [1.165, 1.54) is 0 Å². The minimum atomic E-state index is -0.313. The molecular weight excluding hydrogens is 160 g/mol. The lowest BCUT2D eigenvalue weighted by molar-refractivity contribution is -0.122. The Kier molecular flexibility index (Phi) is 1.87. The maximum absolute atomic E-state index is 11.2. The first-order valence-corrected chi connectivity index (χ1v) is 4.19. The van der Waals surface area contributed by atoms with Crippen molar-refractivity contribution in [2.75, 3.05) is 0 Å². The average molecular weight is 173 g/mol. The highest BCUT2D eigenvalue weighted by molar-refractivity contribution is 6.39. The van der Waals surface area contributed by atoms with Gasteiger partial charge in [-0.05, 0) is 13.8 Å². The van der Waals surface area contributed by atoms with Gasteiger partial charge in [-0.1, -0.05) is 19.4 Å². The lowest BCUT2D eigenvalue weighted by Gasteiger charge is -2.42. The van der Waals surface area contributed by atoms with Crippen LogP contribution in [-0.4, -0.2) is 11.2 Å². The Morgan fingerprint density at radius 1 is 1.45 bits per heavy atom. The fraction of sp³-hybridized carbons (Fsp3) is 0.667. The SMILES string of the molecule is CC(C)=C1C(=O)C(Cl)C1(C)C. The molecule has 1 fully saturated rings. The quantitative estimate of drug-likeness (QED) is 0.406. The molecule has 1 saturated carbocycles. The molecular formula is C9H13ClO. The number of hydrogen-bond acceptors (Lipinski definition) is 1. The van der Waals surface area contributed by atoms with Crippen LogP contribution in [0.2, 0.25) is 0 Å². The van der Waals surface area contributed by atoms with E-state index in [0.29, 0.717) is 0 Å². The first kappa shape index (κ1) is 8.79. The maximum atomic E-state index is 11.2. The predicted octanol–water partition coefficient (Wildman–Crippen LogP) is 2.54. The summed E-state index contributed by atoms with van der Waals surface area (Å²) in [6.07, 6.45) is 0. The monoisotopic (exact) mass is 172 g/mol. The van der Waals surface area contributed by atoms with Crippen LogP contribution in [0.1, 0.15) is 27.7 Å². The molecule has 11 heavy (non-hydrogen) atoms. The summed E-state index contributed by atoms with van der Waals surface area (Å²) in [5, 5.41) is -0.313. The summed E-state index contributed by atoms with van der Waals surface area (Å²) in [6.45, 7) is 7.93. The van der Waals surface area contributed by atoms with Gasteiger partial charge < -0.3 is 0 Å². The number of carbonyl (C=O) groups is 1. The number of carbonyl (C=O) groups excluding carboxylic acids is 1. The van der Waals surface area contributed by atoms with Gasteiger partial charge in [0.2, 0.25) is 0 Å². The topological polar surface area (TPSA) is 17.1 Å². The summed E-state index contributed by atoms with van der Waals surface area (Å²) in [5.74, 6) is 0.108. The molecule has 1 rings (SSSR count). The Balaban J connectivity index is 3.05. The highest BCUT2D eigenvalue weighted by atomic mass is 35.5. The van der Waals surface area contributed by atoms with Crippen LogP contribution in [0, 0.1) is 5.41 Å². The van der Waals surface area contributed by atoms with Gasteiger partial charge >= 0.3 is 0 Å². The van der Waals surface area contributed by atoms with Crippen molar-refractivity contribution < 1.29 is 4.79 Å². The van der Waals surface area contributed by atoms with E-state index in [1.807, 2.05) is 27.7 Å². The van der Waals surface area contributed by atoms with Crippen molar-refractivity contribution >= 4 is 17.4 Å². The zero-order valence-corrected chi connectivity index (χ0v) is 8.12. The van der Waals surface area contributed by atoms with Gasteiger partial charge in [0.25, 0.3) is 0 Å². The molecule has 1 aliphatic carbocycles. The molecule has 0 aromatic rings. The molecule has 62 valence electrons. The normalized spacial score (nSPS) is 28.3. The van der Waals surface area contributed by atoms with Crippen LogP contribution in [0.4, 0.5) is 0 Å². The van der Waals surface area contributed by atoms with Gasteiger partial charge in [-0.3, -0.25) is 4.79 Å².